The molecule has 2 aromatic rings. The van der Waals surface area contributed by atoms with Gasteiger partial charge in [-0.25, -0.2) is 9.37 Å². The lowest BCUT2D eigenvalue weighted by atomic mass is 10.1. The highest BCUT2D eigenvalue weighted by atomic mass is 35.5. The number of benzene rings is 1. The van der Waals surface area contributed by atoms with E-state index in [1.807, 2.05) is 0 Å². The van der Waals surface area contributed by atoms with Crippen LogP contribution in [0.5, 0.6) is 5.88 Å². The van der Waals surface area contributed by atoms with Gasteiger partial charge in [0.15, 0.2) is 0 Å². The molecule has 2 amide bonds. The lowest BCUT2D eigenvalue weighted by Gasteiger charge is -2.18. The van der Waals surface area contributed by atoms with E-state index in [1.165, 1.54) is 18.3 Å². The molecule has 0 spiro atoms. The number of nitrogens with two attached hydrogens (primary N) is 1. The largest absolute Gasteiger partial charge is 0.442 e. The second kappa shape index (κ2) is 8.87. The Bertz CT molecular complexity index is 989. The zero-order chi connectivity index (χ0) is 21.0. The maximum atomic E-state index is 13.5. The average Bonchev–Trinajstić information content (AvgIpc) is 2.69. The minimum absolute atomic E-state index is 0.0388. The zero-order valence-corrected chi connectivity index (χ0v) is 16.3. The van der Waals surface area contributed by atoms with Gasteiger partial charge in [-0.05, 0) is 36.8 Å². The number of nitrogens with one attached hydrogen (secondary N) is 1. The molecule has 6 nitrogen and oxygen atoms in total. The highest BCUT2D eigenvalue weighted by Gasteiger charge is 2.20. The first kappa shape index (κ1) is 20.5. The van der Waals surface area contributed by atoms with Gasteiger partial charge in [0.05, 0.1) is 11.1 Å². The van der Waals surface area contributed by atoms with Crippen molar-refractivity contribution in [1.29, 1.82) is 0 Å². The Morgan fingerprint density at radius 3 is 2.72 bits per heavy atom. The molecule has 0 fully saturated rings. The van der Waals surface area contributed by atoms with Crippen LogP contribution in [0.1, 0.15) is 45.7 Å². The Balaban J connectivity index is 1.77. The molecule has 1 heterocycles. The summed E-state index contributed by atoms with van der Waals surface area (Å²) in [5, 5.41) is 3.10. The molecule has 0 aliphatic heterocycles. The van der Waals surface area contributed by atoms with Crippen LogP contribution < -0.4 is 15.8 Å². The van der Waals surface area contributed by atoms with Gasteiger partial charge in [0.1, 0.15) is 17.5 Å². The van der Waals surface area contributed by atoms with E-state index in [4.69, 9.17) is 22.1 Å². The minimum atomic E-state index is -1.15. The number of hydrogen-bond donors (Lipinski definition) is 2. The van der Waals surface area contributed by atoms with Crippen LogP contribution in [-0.4, -0.2) is 23.0 Å². The molecule has 29 heavy (non-hydrogen) atoms. The van der Waals surface area contributed by atoms with Gasteiger partial charge in [-0.3, -0.25) is 9.59 Å². The lowest BCUT2D eigenvalue weighted by molar-refractivity contribution is 0.0934. The number of hydrogen-bond acceptors (Lipinski definition) is 4. The number of carbonyl (C=O) groups is 2. The molecule has 0 saturated heterocycles. The van der Waals surface area contributed by atoms with Crippen LogP contribution in [0.25, 0.3) is 0 Å². The number of alkyl halides is 1. The summed E-state index contributed by atoms with van der Waals surface area (Å²) in [6.07, 6.45) is 4.86. The Hall–Kier alpha value is -3.19. The fraction of sp³-hybridized carbons (Fsp3) is 0.190. The maximum Gasteiger partial charge on any atom is 0.257 e. The molecule has 2 atom stereocenters. The smallest absolute Gasteiger partial charge is 0.257 e. The van der Waals surface area contributed by atoms with Crippen molar-refractivity contribution in [2.45, 2.75) is 25.6 Å². The molecule has 1 aliphatic carbocycles. The highest BCUT2D eigenvalue weighted by Crippen LogP contribution is 2.25. The molecule has 0 unspecified atom stereocenters. The number of allylic oxidation sites excluding steroid dienone is 4. The van der Waals surface area contributed by atoms with Crippen molar-refractivity contribution >= 4 is 23.4 Å². The summed E-state index contributed by atoms with van der Waals surface area (Å²) in [4.78, 5) is 28.1. The summed E-state index contributed by atoms with van der Waals surface area (Å²) in [7, 11) is 0. The molecule has 1 aromatic carbocycles. The number of amides is 2. The van der Waals surface area contributed by atoms with Crippen molar-refractivity contribution in [3.63, 3.8) is 0 Å². The van der Waals surface area contributed by atoms with Gasteiger partial charge in [0, 0.05) is 18.2 Å². The summed E-state index contributed by atoms with van der Waals surface area (Å²) in [5.74, 6) is -0.580. The van der Waals surface area contributed by atoms with Crippen molar-refractivity contribution in [2.24, 2.45) is 5.73 Å². The first-order chi connectivity index (χ1) is 13.8. The third-order valence-corrected chi connectivity index (χ3v) is 4.54. The normalized spacial score (nSPS) is 16.7. The summed E-state index contributed by atoms with van der Waals surface area (Å²) >= 11 is 6.00. The number of primary amides is 1. The second-order valence-electron chi connectivity index (χ2n) is 6.53. The molecule has 8 heteroatoms. The summed E-state index contributed by atoms with van der Waals surface area (Å²) < 4.78 is 19.2. The molecule has 0 radical (unpaired) electrons. The molecule has 1 aliphatic rings. The fourth-order valence-corrected chi connectivity index (χ4v) is 2.93. The number of halogens is 2. The minimum Gasteiger partial charge on any atom is -0.442 e. The van der Waals surface area contributed by atoms with E-state index in [1.54, 1.807) is 43.3 Å². The monoisotopic (exact) mass is 415 g/mol. The van der Waals surface area contributed by atoms with Crippen LogP contribution in [0, 0.1) is 0 Å². The van der Waals surface area contributed by atoms with Crippen LogP contribution in [0.2, 0.25) is 5.02 Å². The summed E-state index contributed by atoms with van der Waals surface area (Å²) in [5.41, 5.74) is 6.52. The van der Waals surface area contributed by atoms with E-state index in [0.717, 1.165) is 5.56 Å². The number of carbonyl (C=O) groups excluding carboxylic acids is 2. The molecule has 0 saturated carbocycles. The fourth-order valence-electron chi connectivity index (χ4n) is 2.78. The van der Waals surface area contributed by atoms with Crippen molar-refractivity contribution in [3.8, 4) is 5.88 Å². The molecule has 3 N–H and O–H groups in total. The summed E-state index contributed by atoms with van der Waals surface area (Å²) in [6.45, 7) is 1.79. The van der Waals surface area contributed by atoms with E-state index >= 15 is 0 Å². The third kappa shape index (κ3) is 5.20. The zero-order valence-electron chi connectivity index (χ0n) is 15.6. The van der Waals surface area contributed by atoms with E-state index in [0.29, 0.717) is 11.3 Å². The average molecular weight is 416 g/mol. The Morgan fingerprint density at radius 1 is 1.34 bits per heavy atom. The van der Waals surface area contributed by atoms with Gasteiger partial charge in [-0.1, -0.05) is 35.9 Å². The van der Waals surface area contributed by atoms with Crippen LogP contribution >= 0.6 is 11.6 Å². The van der Waals surface area contributed by atoms with E-state index in [2.05, 4.69) is 10.3 Å². The van der Waals surface area contributed by atoms with Crippen molar-refractivity contribution in [1.82, 2.24) is 10.3 Å². The topological polar surface area (TPSA) is 94.3 Å². The summed E-state index contributed by atoms with van der Waals surface area (Å²) in [6, 6.07) is 7.66. The van der Waals surface area contributed by atoms with Gasteiger partial charge >= 0.3 is 0 Å². The second-order valence-corrected chi connectivity index (χ2v) is 6.96. The molecule has 1 aromatic heterocycles. The Labute approximate surface area is 172 Å². The van der Waals surface area contributed by atoms with Crippen LogP contribution in [0.3, 0.4) is 0 Å². The number of rotatable bonds is 6. The van der Waals surface area contributed by atoms with E-state index in [-0.39, 0.29) is 28.9 Å². The highest BCUT2D eigenvalue weighted by molar-refractivity contribution is 6.30. The van der Waals surface area contributed by atoms with Gasteiger partial charge in [-0.2, -0.15) is 0 Å². The van der Waals surface area contributed by atoms with Crippen LogP contribution in [0.15, 0.2) is 60.5 Å². The third-order valence-electron chi connectivity index (χ3n) is 4.33. The number of aromatic nitrogens is 1. The van der Waals surface area contributed by atoms with Gasteiger partial charge < -0.3 is 15.8 Å². The molecule has 150 valence electrons. The predicted molar refractivity (Wildman–Crippen MR) is 107 cm³/mol. The standard InChI is InChI=1S/C21H19ClFN3O3/c1-12(13-5-7-14(8-6-13)19(24)27)26-20(28)18-9-15(22)11-25-21(18)29-17-4-2-3-16(23)10-17/h2-9,11-12,16H,10H2,1H3,(H2,24,27)(H,26,28)/t12-,16-/m0/s1. The lowest BCUT2D eigenvalue weighted by Crippen LogP contribution is -2.27. The molecule has 0 bridgehead atoms. The number of pyridine rings is 1. The van der Waals surface area contributed by atoms with Gasteiger partial charge in [0.2, 0.25) is 11.8 Å². The van der Waals surface area contributed by atoms with Crippen LogP contribution in [-0.2, 0) is 0 Å². The van der Waals surface area contributed by atoms with Gasteiger partial charge in [0.25, 0.3) is 5.91 Å². The maximum absolute atomic E-state index is 13.5. The number of nitrogens with zero attached hydrogens (tertiary/aromatic N) is 1. The SMILES string of the molecule is C[C@H](NC(=O)c1cc(Cl)cnc1OC1=CC=C[C@H](F)C1)c1ccc(C(N)=O)cc1. The first-order valence-corrected chi connectivity index (χ1v) is 9.26. The predicted octanol–water partition coefficient (Wildman–Crippen LogP) is 3.89. The van der Waals surface area contributed by atoms with Crippen molar-refractivity contribution < 1.29 is 18.7 Å². The van der Waals surface area contributed by atoms with Crippen molar-refractivity contribution in [3.05, 3.63) is 82.2 Å². The Morgan fingerprint density at radius 2 is 2.07 bits per heavy atom. The first-order valence-electron chi connectivity index (χ1n) is 8.89. The van der Waals surface area contributed by atoms with Crippen LogP contribution in [0.4, 0.5) is 4.39 Å². The number of ether oxygens (including phenoxy) is 1. The molecular weight excluding hydrogens is 397 g/mol. The molecular formula is C21H19ClFN3O3. The van der Waals surface area contributed by atoms with Gasteiger partial charge in [-0.15, -0.1) is 0 Å². The van der Waals surface area contributed by atoms with E-state index < -0.39 is 18.0 Å². The molecule has 3 rings (SSSR count). The Kier molecular flexibility index (Phi) is 6.29. The quantitative estimate of drug-likeness (QED) is 0.748. The van der Waals surface area contributed by atoms with Crippen molar-refractivity contribution in [2.75, 3.05) is 0 Å². The van der Waals surface area contributed by atoms with E-state index in [9.17, 15) is 14.0 Å².